The summed E-state index contributed by atoms with van der Waals surface area (Å²) in [5.74, 6) is -0.719. The molecule has 1 amide bonds. The largest absolute Gasteiger partial charge is 0.479 e. The van der Waals surface area contributed by atoms with E-state index in [2.05, 4.69) is 5.10 Å². The number of aliphatic carboxylic acids is 1. The van der Waals surface area contributed by atoms with Crippen molar-refractivity contribution in [3.63, 3.8) is 0 Å². The van der Waals surface area contributed by atoms with Crippen LogP contribution in [-0.4, -0.2) is 38.2 Å². The Morgan fingerprint density at radius 2 is 2.26 bits per heavy atom. The fraction of sp³-hybridized carbons (Fsp3) is 0.438. The fourth-order valence-electron chi connectivity index (χ4n) is 3.05. The monoisotopic (exact) mass is 317 g/mol. The number of aryl methyl sites for hydroxylation is 1. The van der Waals surface area contributed by atoms with Gasteiger partial charge in [0, 0.05) is 30.8 Å². The van der Waals surface area contributed by atoms with Crippen molar-refractivity contribution < 1.29 is 19.1 Å². The van der Waals surface area contributed by atoms with E-state index in [1.807, 2.05) is 13.8 Å². The van der Waals surface area contributed by atoms with E-state index in [0.717, 1.165) is 18.7 Å². The molecule has 2 aromatic heterocycles. The summed E-state index contributed by atoms with van der Waals surface area (Å²) in [5.41, 5.74) is 1.77. The Morgan fingerprint density at radius 1 is 1.48 bits per heavy atom. The van der Waals surface area contributed by atoms with E-state index in [9.17, 15) is 14.7 Å². The number of carbonyl (C=O) groups excluding carboxylic acids is 1. The molecule has 7 heteroatoms. The van der Waals surface area contributed by atoms with Gasteiger partial charge in [0.25, 0.3) is 5.91 Å². The standard InChI is InChI=1S/C16H19N3O4/c1-3-6-19-10(2)12(9-17-19)15(20)18-7-4-13-11(5-8-23-13)14(18)16(21)22/h5,8-9,14H,3-4,6-7H2,1-2H3,(H,21,22). The van der Waals surface area contributed by atoms with E-state index in [1.54, 1.807) is 10.7 Å². The van der Waals surface area contributed by atoms with Gasteiger partial charge in [0.15, 0.2) is 6.04 Å². The van der Waals surface area contributed by atoms with Crippen LogP contribution >= 0.6 is 0 Å². The zero-order chi connectivity index (χ0) is 16.6. The highest BCUT2D eigenvalue weighted by atomic mass is 16.4. The van der Waals surface area contributed by atoms with E-state index >= 15 is 0 Å². The summed E-state index contributed by atoms with van der Waals surface area (Å²) >= 11 is 0. The summed E-state index contributed by atoms with van der Waals surface area (Å²) in [6.45, 7) is 4.91. The SMILES string of the molecule is CCCn1ncc(C(=O)N2CCc3occc3C2C(=O)O)c1C. The van der Waals surface area contributed by atoms with Gasteiger partial charge in [0.1, 0.15) is 5.76 Å². The fourth-order valence-corrected chi connectivity index (χ4v) is 3.05. The molecule has 122 valence electrons. The smallest absolute Gasteiger partial charge is 0.331 e. The minimum absolute atomic E-state index is 0.302. The quantitative estimate of drug-likeness (QED) is 0.932. The molecule has 1 aliphatic rings. The molecule has 0 saturated heterocycles. The molecule has 3 heterocycles. The second kappa shape index (κ2) is 5.91. The molecule has 0 spiro atoms. The van der Waals surface area contributed by atoms with Crippen molar-refractivity contribution in [3.8, 4) is 0 Å². The van der Waals surface area contributed by atoms with Crippen LogP contribution in [0.1, 0.15) is 46.8 Å². The van der Waals surface area contributed by atoms with Crippen LogP contribution in [0.2, 0.25) is 0 Å². The van der Waals surface area contributed by atoms with Crippen molar-refractivity contribution in [1.29, 1.82) is 0 Å². The predicted molar refractivity (Wildman–Crippen MR) is 81.1 cm³/mol. The summed E-state index contributed by atoms with van der Waals surface area (Å²) in [7, 11) is 0. The Kier molecular flexibility index (Phi) is 3.94. The van der Waals surface area contributed by atoms with E-state index < -0.39 is 12.0 Å². The molecular formula is C16H19N3O4. The molecule has 0 fully saturated rings. The molecule has 1 aliphatic heterocycles. The number of rotatable bonds is 4. The van der Waals surface area contributed by atoms with Crippen LogP contribution < -0.4 is 0 Å². The maximum atomic E-state index is 12.9. The van der Waals surface area contributed by atoms with Crippen LogP contribution in [-0.2, 0) is 17.8 Å². The van der Waals surface area contributed by atoms with Crippen LogP contribution in [0.3, 0.4) is 0 Å². The van der Waals surface area contributed by atoms with Crippen molar-refractivity contribution >= 4 is 11.9 Å². The molecule has 0 aliphatic carbocycles. The normalized spacial score (nSPS) is 17.1. The molecule has 0 radical (unpaired) electrons. The lowest BCUT2D eigenvalue weighted by Crippen LogP contribution is -2.43. The van der Waals surface area contributed by atoms with Gasteiger partial charge < -0.3 is 14.4 Å². The summed E-state index contributed by atoms with van der Waals surface area (Å²) in [4.78, 5) is 26.0. The van der Waals surface area contributed by atoms with Gasteiger partial charge in [-0.2, -0.15) is 5.10 Å². The van der Waals surface area contributed by atoms with Crippen molar-refractivity contribution in [3.05, 3.63) is 41.1 Å². The zero-order valence-electron chi connectivity index (χ0n) is 13.2. The van der Waals surface area contributed by atoms with E-state index in [0.29, 0.717) is 29.9 Å². The summed E-state index contributed by atoms with van der Waals surface area (Å²) < 4.78 is 7.09. The number of carboxylic acid groups (broad SMARTS) is 1. The minimum atomic E-state index is -1.06. The van der Waals surface area contributed by atoms with Crippen LogP contribution in [0.4, 0.5) is 0 Å². The van der Waals surface area contributed by atoms with Gasteiger partial charge in [-0.15, -0.1) is 0 Å². The van der Waals surface area contributed by atoms with Gasteiger partial charge in [-0.05, 0) is 19.4 Å². The number of carboxylic acids is 1. The van der Waals surface area contributed by atoms with Crippen LogP contribution in [0.15, 0.2) is 22.9 Å². The van der Waals surface area contributed by atoms with Crippen LogP contribution in [0.25, 0.3) is 0 Å². The number of fused-ring (bicyclic) bond motifs is 1. The first-order chi connectivity index (χ1) is 11.0. The van der Waals surface area contributed by atoms with Gasteiger partial charge in [0.2, 0.25) is 0 Å². The topological polar surface area (TPSA) is 88.6 Å². The first-order valence-electron chi connectivity index (χ1n) is 7.67. The Morgan fingerprint density at radius 3 is 2.96 bits per heavy atom. The maximum absolute atomic E-state index is 12.9. The number of aromatic nitrogens is 2. The Labute approximate surface area is 133 Å². The van der Waals surface area contributed by atoms with Gasteiger partial charge in [0.05, 0.1) is 18.0 Å². The average molecular weight is 317 g/mol. The number of amides is 1. The second-order valence-corrected chi connectivity index (χ2v) is 5.66. The summed E-state index contributed by atoms with van der Waals surface area (Å²) in [5, 5.41) is 13.8. The van der Waals surface area contributed by atoms with Gasteiger partial charge in [-0.3, -0.25) is 9.48 Å². The van der Waals surface area contributed by atoms with Crippen LogP contribution in [0.5, 0.6) is 0 Å². The third-order valence-corrected chi connectivity index (χ3v) is 4.23. The average Bonchev–Trinajstić information content (AvgIpc) is 3.13. The molecule has 0 bridgehead atoms. The summed E-state index contributed by atoms with van der Waals surface area (Å²) in [6.07, 6.45) is 4.42. The maximum Gasteiger partial charge on any atom is 0.331 e. The van der Waals surface area contributed by atoms with Crippen molar-refractivity contribution in [2.24, 2.45) is 0 Å². The van der Waals surface area contributed by atoms with E-state index in [1.165, 1.54) is 17.4 Å². The highest BCUT2D eigenvalue weighted by molar-refractivity contribution is 5.97. The predicted octanol–water partition coefficient (Wildman–Crippen LogP) is 2.02. The molecule has 7 nitrogen and oxygen atoms in total. The first kappa shape index (κ1) is 15.3. The van der Waals surface area contributed by atoms with Gasteiger partial charge in [-0.1, -0.05) is 6.92 Å². The summed E-state index contributed by atoms with van der Waals surface area (Å²) in [6, 6.07) is 0.611. The van der Waals surface area contributed by atoms with E-state index in [-0.39, 0.29) is 5.91 Å². The Balaban J connectivity index is 1.94. The second-order valence-electron chi connectivity index (χ2n) is 5.66. The molecule has 2 aromatic rings. The molecule has 23 heavy (non-hydrogen) atoms. The number of hydrogen-bond donors (Lipinski definition) is 1. The van der Waals surface area contributed by atoms with Gasteiger partial charge in [-0.25, -0.2) is 4.79 Å². The van der Waals surface area contributed by atoms with E-state index in [4.69, 9.17) is 4.42 Å². The third-order valence-electron chi connectivity index (χ3n) is 4.23. The number of furan rings is 1. The van der Waals surface area contributed by atoms with Crippen LogP contribution in [0, 0.1) is 6.92 Å². The molecule has 0 saturated carbocycles. The lowest BCUT2D eigenvalue weighted by molar-refractivity contribution is -0.143. The molecule has 1 atom stereocenters. The molecule has 1 unspecified atom stereocenters. The Hall–Kier alpha value is -2.57. The molecule has 0 aromatic carbocycles. The highest BCUT2D eigenvalue weighted by Gasteiger charge is 2.38. The number of carbonyl (C=O) groups is 2. The third kappa shape index (κ3) is 2.52. The molecule has 3 rings (SSSR count). The van der Waals surface area contributed by atoms with Crippen molar-refractivity contribution in [2.75, 3.05) is 6.54 Å². The molecule has 1 N–H and O–H groups in total. The lowest BCUT2D eigenvalue weighted by Gasteiger charge is -2.32. The lowest BCUT2D eigenvalue weighted by atomic mass is 9.98. The highest BCUT2D eigenvalue weighted by Crippen LogP contribution is 2.32. The van der Waals surface area contributed by atoms with Crippen molar-refractivity contribution in [1.82, 2.24) is 14.7 Å². The minimum Gasteiger partial charge on any atom is -0.479 e. The molecular weight excluding hydrogens is 298 g/mol. The first-order valence-corrected chi connectivity index (χ1v) is 7.67. The van der Waals surface area contributed by atoms with Gasteiger partial charge >= 0.3 is 5.97 Å². The Bertz CT molecular complexity index is 746. The zero-order valence-corrected chi connectivity index (χ0v) is 13.2. The number of hydrogen-bond acceptors (Lipinski definition) is 4. The van der Waals surface area contributed by atoms with Crippen molar-refractivity contribution in [2.45, 2.75) is 39.3 Å². The number of nitrogens with zero attached hydrogens (tertiary/aromatic N) is 3.